The Labute approximate surface area is 129 Å². The van der Waals surface area contributed by atoms with Crippen molar-refractivity contribution < 1.29 is 9.47 Å². The summed E-state index contributed by atoms with van der Waals surface area (Å²) in [6, 6.07) is 16.2. The lowest BCUT2D eigenvalue weighted by Gasteiger charge is -2.13. The van der Waals surface area contributed by atoms with E-state index in [1.54, 1.807) is 43.4 Å². The van der Waals surface area contributed by atoms with Crippen LogP contribution in [0.1, 0.15) is 5.56 Å². The maximum atomic E-state index is 8.72. The Balaban J connectivity index is 1.84. The minimum atomic E-state index is 0.270. The van der Waals surface area contributed by atoms with E-state index in [9.17, 15) is 0 Å². The Bertz CT molecular complexity index is 660. The molecule has 0 spiro atoms. The van der Waals surface area contributed by atoms with E-state index in [1.807, 2.05) is 24.3 Å². The van der Waals surface area contributed by atoms with Crippen LogP contribution in [0.15, 0.2) is 58.9 Å². The number of ether oxygens (including phenoxy) is 2. The fraction of sp³-hybridized carbons (Fsp3) is 0.188. The van der Waals surface area contributed by atoms with Crippen molar-refractivity contribution in [1.29, 1.82) is 5.26 Å². The Kier molecular flexibility index (Phi) is 5.32. The maximum Gasteiger partial charge on any atom is 0.177 e. The van der Waals surface area contributed by atoms with Gasteiger partial charge >= 0.3 is 0 Å². The second-order valence-electron chi connectivity index (χ2n) is 4.45. The van der Waals surface area contributed by atoms with Gasteiger partial charge in [-0.1, -0.05) is 5.22 Å². The van der Waals surface area contributed by atoms with Gasteiger partial charge in [0.05, 0.1) is 24.4 Å². The van der Waals surface area contributed by atoms with Gasteiger partial charge in [-0.05, 0) is 48.5 Å². The summed E-state index contributed by atoms with van der Waals surface area (Å²) in [5.41, 5.74) is 1.27. The molecule has 0 heterocycles. The average Bonchev–Trinajstić information content (AvgIpc) is 2.59. The van der Waals surface area contributed by atoms with E-state index in [-0.39, 0.29) is 6.73 Å². The van der Waals surface area contributed by atoms with Crippen LogP contribution in [0.2, 0.25) is 0 Å². The Hall–Kier alpha value is -3.07. The quantitative estimate of drug-likeness (QED) is 0.464. The van der Waals surface area contributed by atoms with Gasteiger partial charge in [-0.2, -0.15) is 5.26 Å². The molecule has 2 aromatic rings. The molecule has 6 heteroatoms. The van der Waals surface area contributed by atoms with Gasteiger partial charge in [-0.25, -0.2) is 5.01 Å². The van der Waals surface area contributed by atoms with E-state index in [0.29, 0.717) is 11.3 Å². The average molecular weight is 296 g/mol. The number of rotatable bonds is 6. The van der Waals surface area contributed by atoms with E-state index in [2.05, 4.69) is 16.4 Å². The first-order valence-electron chi connectivity index (χ1n) is 6.61. The topological polar surface area (TPSA) is 70.2 Å². The molecule has 22 heavy (non-hydrogen) atoms. The predicted octanol–water partition coefficient (Wildman–Crippen LogP) is 3.53. The van der Waals surface area contributed by atoms with Gasteiger partial charge in [0.15, 0.2) is 6.73 Å². The van der Waals surface area contributed by atoms with Gasteiger partial charge in [0, 0.05) is 7.05 Å². The fourth-order valence-corrected chi connectivity index (χ4v) is 1.60. The number of benzene rings is 2. The lowest BCUT2D eigenvalue weighted by atomic mass is 10.2. The molecule has 0 aliphatic carbocycles. The van der Waals surface area contributed by atoms with E-state index < -0.39 is 0 Å². The van der Waals surface area contributed by atoms with Crippen LogP contribution < -0.4 is 9.47 Å². The number of nitrogens with zero attached hydrogens (tertiary/aromatic N) is 4. The van der Waals surface area contributed by atoms with Gasteiger partial charge in [-0.15, -0.1) is 5.11 Å². The molecule has 2 rings (SSSR count). The molecule has 0 atom stereocenters. The van der Waals surface area contributed by atoms with Crippen molar-refractivity contribution in [3.8, 4) is 17.6 Å². The van der Waals surface area contributed by atoms with Gasteiger partial charge in [0.2, 0.25) is 0 Å². The van der Waals surface area contributed by atoms with Crippen LogP contribution in [0.5, 0.6) is 11.5 Å². The van der Waals surface area contributed by atoms with Crippen LogP contribution in [-0.2, 0) is 0 Å². The summed E-state index contributed by atoms with van der Waals surface area (Å²) in [6.07, 6.45) is 0. The van der Waals surface area contributed by atoms with Crippen LogP contribution in [0.4, 0.5) is 5.69 Å². The van der Waals surface area contributed by atoms with Gasteiger partial charge in [0.1, 0.15) is 11.5 Å². The summed E-state index contributed by atoms with van der Waals surface area (Å²) in [6.45, 7) is 0.270. The number of methoxy groups -OCH3 is 1. The van der Waals surface area contributed by atoms with Gasteiger partial charge < -0.3 is 9.47 Å². The molecule has 0 fully saturated rings. The third-order valence-corrected chi connectivity index (χ3v) is 2.79. The van der Waals surface area contributed by atoms with E-state index in [1.165, 1.54) is 0 Å². The SMILES string of the molecule is COc1ccc(OCN(C)N=Nc2ccc(C#N)cc2)cc1. The summed E-state index contributed by atoms with van der Waals surface area (Å²) < 4.78 is 10.6. The third kappa shape index (κ3) is 4.49. The lowest BCUT2D eigenvalue weighted by molar-refractivity contribution is 0.149. The fourth-order valence-electron chi connectivity index (χ4n) is 1.60. The zero-order valence-corrected chi connectivity index (χ0v) is 12.4. The number of hydrogen-bond donors (Lipinski definition) is 0. The monoisotopic (exact) mass is 296 g/mol. The smallest absolute Gasteiger partial charge is 0.177 e. The first-order valence-corrected chi connectivity index (χ1v) is 6.61. The van der Waals surface area contributed by atoms with Gasteiger partial charge in [-0.3, -0.25) is 0 Å². The second kappa shape index (κ2) is 7.64. The van der Waals surface area contributed by atoms with Crippen molar-refractivity contribution in [3.05, 3.63) is 54.1 Å². The minimum Gasteiger partial charge on any atom is -0.497 e. The number of nitriles is 1. The molecule has 6 nitrogen and oxygen atoms in total. The Morgan fingerprint density at radius 2 is 1.68 bits per heavy atom. The maximum absolute atomic E-state index is 8.72. The lowest BCUT2D eigenvalue weighted by Crippen LogP contribution is -2.17. The standard InChI is InChI=1S/C16H16N4O2/c1-20(12-22-16-9-7-15(21-2)8-10-16)19-18-14-5-3-13(11-17)4-6-14/h3-10H,12H2,1-2H3. The molecule has 0 saturated carbocycles. The van der Waals surface area contributed by atoms with Crippen molar-refractivity contribution in [3.63, 3.8) is 0 Å². The molecule has 0 N–H and O–H groups in total. The highest BCUT2D eigenvalue weighted by Gasteiger charge is 1.98. The van der Waals surface area contributed by atoms with Crippen LogP contribution in [0.25, 0.3) is 0 Å². The van der Waals surface area contributed by atoms with E-state index >= 15 is 0 Å². The molecule has 0 saturated heterocycles. The Morgan fingerprint density at radius 3 is 2.27 bits per heavy atom. The normalized spacial score (nSPS) is 10.2. The van der Waals surface area contributed by atoms with Crippen LogP contribution in [0.3, 0.4) is 0 Å². The predicted molar refractivity (Wildman–Crippen MR) is 81.9 cm³/mol. The minimum absolute atomic E-state index is 0.270. The summed E-state index contributed by atoms with van der Waals surface area (Å²) in [5.74, 6) is 1.50. The zero-order valence-electron chi connectivity index (χ0n) is 12.4. The van der Waals surface area contributed by atoms with Crippen molar-refractivity contribution in [2.45, 2.75) is 0 Å². The van der Waals surface area contributed by atoms with Crippen molar-refractivity contribution in [2.24, 2.45) is 10.3 Å². The molecule has 0 aliphatic heterocycles. The van der Waals surface area contributed by atoms with E-state index in [0.717, 1.165) is 11.5 Å². The number of hydrogen-bond acceptors (Lipinski definition) is 5. The molecule has 0 unspecified atom stereocenters. The summed E-state index contributed by atoms with van der Waals surface area (Å²) >= 11 is 0. The van der Waals surface area contributed by atoms with Crippen LogP contribution in [0, 0.1) is 11.3 Å². The molecule has 2 aromatic carbocycles. The molecule has 112 valence electrons. The van der Waals surface area contributed by atoms with Crippen LogP contribution in [-0.4, -0.2) is 25.9 Å². The molecular weight excluding hydrogens is 280 g/mol. The van der Waals surface area contributed by atoms with E-state index in [4.69, 9.17) is 14.7 Å². The van der Waals surface area contributed by atoms with Gasteiger partial charge in [0.25, 0.3) is 0 Å². The highest BCUT2D eigenvalue weighted by Crippen LogP contribution is 2.17. The summed E-state index contributed by atoms with van der Waals surface area (Å²) in [7, 11) is 3.38. The zero-order chi connectivity index (χ0) is 15.8. The third-order valence-electron chi connectivity index (χ3n) is 2.79. The summed E-state index contributed by atoms with van der Waals surface area (Å²) in [4.78, 5) is 0. The molecule has 0 bridgehead atoms. The molecule has 0 amide bonds. The summed E-state index contributed by atoms with van der Waals surface area (Å²) in [5, 5.41) is 18.4. The van der Waals surface area contributed by atoms with Crippen LogP contribution >= 0.6 is 0 Å². The highest BCUT2D eigenvalue weighted by atomic mass is 16.5. The molecule has 0 aliphatic rings. The molecule has 0 radical (unpaired) electrons. The van der Waals surface area contributed by atoms with Crippen molar-refractivity contribution in [2.75, 3.05) is 20.9 Å². The largest absolute Gasteiger partial charge is 0.497 e. The molecular formula is C16H16N4O2. The van der Waals surface area contributed by atoms with Crippen molar-refractivity contribution in [1.82, 2.24) is 5.01 Å². The highest BCUT2D eigenvalue weighted by molar-refractivity contribution is 5.41. The Morgan fingerprint density at radius 1 is 1.05 bits per heavy atom. The molecule has 0 aromatic heterocycles. The van der Waals surface area contributed by atoms with Crippen molar-refractivity contribution >= 4 is 5.69 Å². The first kappa shape index (κ1) is 15.3. The first-order chi connectivity index (χ1) is 10.7. The second-order valence-corrected chi connectivity index (χ2v) is 4.45.